The molecule has 0 unspecified atom stereocenters. The van der Waals surface area contributed by atoms with Gasteiger partial charge in [-0.15, -0.1) is 5.11 Å². The first-order valence-corrected chi connectivity index (χ1v) is 5.88. The Morgan fingerprint density at radius 2 is 1.82 bits per heavy atom. The molecular formula is C13H16N4. The summed E-state index contributed by atoms with van der Waals surface area (Å²) in [5, 5.41) is 15.8. The van der Waals surface area contributed by atoms with Gasteiger partial charge in [0.25, 0.3) is 0 Å². The molecular weight excluding hydrogens is 212 g/mol. The molecule has 88 valence electrons. The summed E-state index contributed by atoms with van der Waals surface area (Å²) in [5.41, 5.74) is 3.76. The molecule has 0 saturated carbocycles. The maximum absolute atomic E-state index is 4.31. The third-order valence-electron chi connectivity index (χ3n) is 2.60. The van der Waals surface area contributed by atoms with Crippen LogP contribution in [0.4, 0.5) is 11.4 Å². The maximum Gasteiger partial charge on any atom is 0.130 e. The van der Waals surface area contributed by atoms with E-state index in [1.54, 1.807) is 0 Å². The molecule has 0 atom stereocenters. The van der Waals surface area contributed by atoms with Gasteiger partial charge in [0.2, 0.25) is 0 Å². The van der Waals surface area contributed by atoms with Crippen LogP contribution >= 0.6 is 0 Å². The topological polar surface area (TPSA) is 53.4 Å². The van der Waals surface area contributed by atoms with Crippen LogP contribution in [-0.2, 0) is 12.8 Å². The Bertz CT molecular complexity index is 478. The number of benzene rings is 1. The number of azo groups is 1. The average molecular weight is 228 g/mol. The zero-order chi connectivity index (χ0) is 12.1. The van der Waals surface area contributed by atoms with Gasteiger partial charge in [0.1, 0.15) is 5.69 Å². The van der Waals surface area contributed by atoms with Crippen molar-refractivity contribution in [2.24, 2.45) is 10.2 Å². The molecule has 2 aromatic rings. The van der Waals surface area contributed by atoms with Crippen LogP contribution in [-0.4, -0.2) is 10.2 Å². The standard InChI is InChI=1S/C13H16N4/c1-3-11-13(12(4-2)16-15-11)17-14-10-8-6-5-7-9-10/h5-9H,3-4H2,1-2H3,(H,15,16)/b17-14+. The number of H-pyrrole nitrogens is 1. The lowest BCUT2D eigenvalue weighted by molar-refractivity contribution is 0.936. The van der Waals surface area contributed by atoms with E-state index in [0.717, 1.165) is 35.6 Å². The summed E-state index contributed by atoms with van der Waals surface area (Å²) in [6, 6.07) is 9.73. The van der Waals surface area contributed by atoms with Gasteiger partial charge >= 0.3 is 0 Å². The molecule has 1 aromatic carbocycles. The first kappa shape index (κ1) is 11.5. The van der Waals surface area contributed by atoms with Gasteiger partial charge in [-0.05, 0) is 25.0 Å². The van der Waals surface area contributed by atoms with Gasteiger partial charge in [0, 0.05) is 0 Å². The maximum atomic E-state index is 4.31. The van der Waals surface area contributed by atoms with E-state index >= 15 is 0 Å². The fraction of sp³-hybridized carbons (Fsp3) is 0.308. The second kappa shape index (κ2) is 5.39. The van der Waals surface area contributed by atoms with Gasteiger partial charge in [-0.25, -0.2) is 0 Å². The van der Waals surface area contributed by atoms with Crippen molar-refractivity contribution >= 4 is 11.4 Å². The number of hydrogen-bond acceptors (Lipinski definition) is 3. The van der Waals surface area contributed by atoms with E-state index in [4.69, 9.17) is 0 Å². The van der Waals surface area contributed by atoms with Crippen molar-refractivity contribution in [1.29, 1.82) is 0 Å². The van der Waals surface area contributed by atoms with E-state index in [9.17, 15) is 0 Å². The molecule has 0 bridgehead atoms. The Labute approximate surface area is 101 Å². The van der Waals surface area contributed by atoms with Crippen LogP contribution in [0.1, 0.15) is 25.2 Å². The van der Waals surface area contributed by atoms with Crippen molar-refractivity contribution in [3.63, 3.8) is 0 Å². The molecule has 0 aliphatic heterocycles. The van der Waals surface area contributed by atoms with Crippen molar-refractivity contribution in [2.45, 2.75) is 26.7 Å². The summed E-state index contributed by atoms with van der Waals surface area (Å²) in [4.78, 5) is 0. The SMILES string of the molecule is CCc1n[nH]c(CC)c1/N=N/c1ccccc1. The van der Waals surface area contributed by atoms with Crippen LogP contribution in [0.15, 0.2) is 40.6 Å². The number of hydrogen-bond donors (Lipinski definition) is 1. The summed E-state index contributed by atoms with van der Waals surface area (Å²) in [5.74, 6) is 0. The molecule has 17 heavy (non-hydrogen) atoms. The lowest BCUT2D eigenvalue weighted by Crippen LogP contribution is -1.79. The lowest BCUT2D eigenvalue weighted by Gasteiger charge is -1.95. The van der Waals surface area contributed by atoms with Crippen molar-refractivity contribution in [1.82, 2.24) is 10.2 Å². The molecule has 1 N–H and O–H groups in total. The fourth-order valence-electron chi connectivity index (χ4n) is 1.63. The number of aromatic amines is 1. The molecule has 0 saturated heterocycles. The number of nitrogens with zero attached hydrogens (tertiary/aromatic N) is 3. The van der Waals surface area contributed by atoms with Gasteiger partial charge in [0.05, 0.1) is 17.1 Å². The van der Waals surface area contributed by atoms with Crippen molar-refractivity contribution in [2.75, 3.05) is 0 Å². The predicted molar refractivity (Wildman–Crippen MR) is 68.0 cm³/mol. The average Bonchev–Trinajstić information content (AvgIpc) is 2.79. The van der Waals surface area contributed by atoms with Crippen LogP contribution < -0.4 is 0 Å². The summed E-state index contributed by atoms with van der Waals surface area (Å²) in [6.45, 7) is 4.14. The summed E-state index contributed by atoms with van der Waals surface area (Å²) >= 11 is 0. The zero-order valence-corrected chi connectivity index (χ0v) is 10.1. The molecule has 0 fully saturated rings. The summed E-state index contributed by atoms with van der Waals surface area (Å²) in [7, 11) is 0. The van der Waals surface area contributed by atoms with Crippen LogP contribution in [0.5, 0.6) is 0 Å². The minimum Gasteiger partial charge on any atom is -0.280 e. The molecule has 0 aliphatic carbocycles. The van der Waals surface area contributed by atoms with Gasteiger partial charge in [0.15, 0.2) is 0 Å². The second-order valence-electron chi connectivity index (χ2n) is 3.74. The van der Waals surface area contributed by atoms with Crippen LogP contribution in [0.3, 0.4) is 0 Å². The molecule has 0 aliphatic rings. The van der Waals surface area contributed by atoms with E-state index < -0.39 is 0 Å². The Kier molecular flexibility index (Phi) is 3.65. The molecule has 1 heterocycles. The van der Waals surface area contributed by atoms with Gasteiger partial charge in [-0.3, -0.25) is 5.10 Å². The van der Waals surface area contributed by atoms with Crippen molar-refractivity contribution < 1.29 is 0 Å². The Hall–Kier alpha value is -1.97. The van der Waals surface area contributed by atoms with E-state index in [1.807, 2.05) is 30.3 Å². The predicted octanol–water partition coefficient (Wildman–Crippen LogP) is 3.95. The molecule has 0 radical (unpaired) electrons. The Morgan fingerprint density at radius 3 is 2.47 bits per heavy atom. The summed E-state index contributed by atoms with van der Waals surface area (Å²) in [6.07, 6.45) is 1.75. The Balaban J connectivity index is 2.29. The third-order valence-corrected chi connectivity index (χ3v) is 2.60. The second-order valence-corrected chi connectivity index (χ2v) is 3.74. The highest BCUT2D eigenvalue weighted by molar-refractivity contribution is 5.47. The monoisotopic (exact) mass is 228 g/mol. The minimum absolute atomic E-state index is 0.859. The third kappa shape index (κ3) is 2.58. The van der Waals surface area contributed by atoms with E-state index in [-0.39, 0.29) is 0 Å². The molecule has 2 rings (SSSR count). The smallest absolute Gasteiger partial charge is 0.130 e. The lowest BCUT2D eigenvalue weighted by atomic mass is 10.2. The fourth-order valence-corrected chi connectivity index (χ4v) is 1.63. The zero-order valence-electron chi connectivity index (χ0n) is 10.1. The number of aryl methyl sites for hydroxylation is 2. The van der Waals surface area contributed by atoms with Crippen LogP contribution in [0.25, 0.3) is 0 Å². The van der Waals surface area contributed by atoms with Gasteiger partial charge < -0.3 is 0 Å². The van der Waals surface area contributed by atoms with Crippen molar-refractivity contribution in [3.05, 3.63) is 41.7 Å². The van der Waals surface area contributed by atoms with E-state index in [2.05, 4.69) is 34.3 Å². The van der Waals surface area contributed by atoms with Gasteiger partial charge in [-0.2, -0.15) is 10.2 Å². The highest BCUT2D eigenvalue weighted by Gasteiger charge is 2.09. The first-order chi connectivity index (χ1) is 8.35. The van der Waals surface area contributed by atoms with E-state index in [1.165, 1.54) is 0 Å². The van der Waals surface area contributed by atoms with E-state index in [0.29, 0.717) is 0 Å². The summed E-state index contributed by atoms with van der Waals surface area (Å²) < 4.78 is 0. The highest BCUT2D eigenvalue weighted by Crippen LogP contribution is 2.25. The molecule has 1 aromatic heterocycles. The molecule has 4 nitrogen and oxygen atoms in total. The minimum atomic E-state index is 0.859. The number of nitrogens with one attached hydrogen (secondary N) is 1. The largest absolute Gasteiger partial charge is 0.280 e. The highest BCUT2D eigenvalue weighted by atomic mass is 15.2. The molecule has 4 heteroatoms. The van der Waals surface area contributed by atoms with Crippen molar-refractivity contribution in [3.8, 4) is 0 Å². The van der Waals surface area contributed by atoms with Gasteiger partial charge in [-0.1, -0.05) is 32.0 Å². The van der Waals surface area contributed by atoms with Crippen LogP contribution in [0, 0.1) is 0 Å². The first-order valence-electron chi connectivity index (χ1n) is 5.88. The number of rotatable bonds is 4. The Morgan fingerprint density at radius 1 is 1.06 bits per heavy atom. The molecule has 0 spiro atoms. The van der Waals surface area contributed by atoms with Crippen LogP contribution in [0.2, 0.25) is 0 Å². The quantitative estimate of drug-likeness (QED) is 0.791. The molecule has 0 amide bonds. The number of aromatic nitrogens is 2. The normalized spacial score (nSPS) is 11.2.